The third-order valence-corrected chi connectivity index (χ3v) is 6.14. The van der Waals surface area contributed by atoms with Crippen LogP contribution in [0.4, 0.5) is 0 Å². The lowest BCUT2D eigenvalue weighted by molar-refractivity contribution is 0.671. The minimum atomic E-state index is 0.708. The summed E-state index contributed by atoms with van der Waals surface area (Å²) in [7, 11) is 0. The Labute approximate surface area is 191 Å². The Morgan fingerprint density at radius 1 is 0.438 bits per heavy atom. The van der Waals surface area contributed by atoms with E-state index in [1.54, 1.807) is 0 Å². The summed E-state index contributed by atoms with van der Waals surface area (Å²) >= 11 is 6.55. The molecule has 152 valence electrons. The predicted molar refractivity (Wildman–Crippen MR) is 135 cm³/mol. The van der Waals surface area contributed by atoms with Gasteiger partial charge in [0.15, 0.2) is 0 Å². The summed E-state index contributed by atoms with van der Waals surface area (Å²) in [6.07, 6.45) is 0. The van der Waals surface area contributed by atoms with Crippen LogP contribution in [0.3, 0.4) is 0 Å². The van der Waals surface area contributed by atoms with Crippen molar-refractivity contribution in [1.29, 1.82) is 0 Å². The second-order valence-corrected chi connectivity index (χ2v) is 8.36. The molecular weight excluding hydrogens is 412 g/mol. The van der Waals surface area contributed by atoms with Crippen molar-refractivity contribution in [3.05, 3.63) is 120 Å². The molecule has 2 heteroatoms. The number of hydrogen-bond donors (Lipinski definition) is 0. The summed E-state index contributed by atoms with van der Waals surface area (Å²) in [6, 6.07) is 39.5. The van der Waals surface area contributed by atoms with Crippen LogP contribution < -0.4 is 0 Å². The molecule has 0 radical (unpaired) electrons. The topological polar surface area (TPSA) is 13.1 Å². The van der Waals surface area contributed by atoms with E-state index in [9.17, 15) is 0 Å². The van der Waals surface area contributed by atoms with Gasteiger partial charge in [-0.15, -0.1) is 0 Å². The zero-order valence-electron chi connectivity index (χ0n) is 17.3. The number of fused-ring (bicyclic) bond motifs is 3. The second kappa shape index (κ2) is 7.71. The van der Waals surface area contributed by atoms with E-state index in [1.807, 2.05) is 36.4 Å². The molecule has 0 saturated heterocycles. The van der Waals surface area contributed by atoms with Gasteiger partial charge in [-0.2, -0.15) is 0 Å². The Kier molecular flexibility index (Phi) is 4.56. The average molecular weight is 431 g/mol. The molecule has 6 rings (SSSR count). The number of furan rings is 1. The number of benzene rings is 5. The SMILES string of the molecule is Clc1cc(-c2ccccc2)cc(-c2cccc3c2oc2c(-c4ccccc4)cccc23)c1. The highest BCUT2D eigenvalue weighted by Gasteiger charge is 2.16. The fourth-order valence-corrected chi connectivity index (χ4v) is 4.67. The van der Waals surface area contributed by atoms with Crippen LogP contribution in [0.5, 0.6) is 0 Å². The monoisotopic (exact) mass is 430 g/mol. The minimum Gasteiger partial charge on any atom is -0.455 e. The van der Waals surface area contributed by atoms with Crippen molar-refractivity contribution < 1.29 is 4.42 Å². The van der Waals surface area contributed by atoms with E-state index in [2.05, 4.69) is 78.9 Å². The molecule has 0 N–H and O–H groups in total. The van der Waals surface area contributed by atoms with E-state index >= 15 is 0 Å². The largest absolute Gasteiger partial charge is 0.455 e. The molecule has 6 aromatic rings. The maximum atomic E-state index is 6.57. The van der Waals surface area contributed by atoms with E-state index in [0.717, 1.165) is 55.3 Å². The molecule has 1 nitrogen and oxygen atoms in total. The van der Waals surface area contributed by atoms with Crippen molar-refractivity contribution in [3.8, 4) is 33.4 Å². The van der Waals surface area contributed by atoms with Crippen molar-refractivity contribution in [2.24, 2.45) is 0 Å². The first-order chi connectivity index (χ1) is 15.8. The first-order valence-corrected chi connectivity index (χ1v) is 11.0. The van der Waals surface area contributed by atoms with Crippen molar-refractivity contribution in [2.45, 2.75) is 0 Å². The van der Waals surface area contributed by atoms with Gasteiger partial charge in [0.05, 0.1) is 0 Å². The van der Waals surface area contributed by atoms with Crippen LogP contribution in [0.2, 0.25) is 5.02 Å². The van der Waals surface area contributed by atoms with Crippen LogP contribution in [0.1, 0.15) is 0 Å². The molecule has 0 aliphatic rings. The molecule has 0 bridgehead atoms. The van der Waals surface area contributed by atoms with Crippen molar-refractivity contribution in [1.82, 2.24) is 0 Å². The van der Waals surface area contributed by atoms with E-state index in [-0.39, 0.29) is 0 Å². The summed E-state index contributed by atoms with van der Waals surface area (Å²) in [5.74, 6) is 0. The summed E-state index contributed by atoms with van der Waals surface area (Å²) in [4.78, 5) is 0. The van der Waals surface area contributed by atoms with Gasteiger partial charge >= 0.3 is 0 Å². The number of rotatable bonds is 3. The van der Waals surface area contributed by atoms with Crippen LogP contribution in [0, 0.1) is 0 Å². The molecule has 32 heavy (non-hydrogen) atoms. The number of halogens is 1. The van der Waals surface area contributed by atoms with E-state index < -0.39 is 0 Å². The average Bonchev–Trinajstić information content (AvgIpc) is 3.24. The maximum absolute atomic E-state index is 6.57. The van der Waals surface area contributed by atoms with Gasteiger partial charge in [0.1, 0.15) is 11.2 Å². The van der Waals surface area contributed by atoms with Gasteiger partial charge in [-0.3, -0.25) is 0 Å². The molecule has 0 aliphatic heterocycles. The fourth-order valence-electron chi connectivity index (χ4n) is 4.43. The highest BCUT2D eigenvalue weighted by Crippen LogP contribution is 2.41. The van der Waals surface area contributed by atoms with E-state index in [0.29, 0.717) is 5.02 Å². The molecule has 0 aliphatic carbocycles. The van der Waals surface area contributed by atoms with Gasteiger partial charge in [0.2, 0.25) is 0 Å². The smallest absolute Gasteiger partial charge is 0.143 e. The molecule has 1 aromatic heterocycles. The number of para-hydroxylation sites is 2. The third-order valence-electron chi connectivity index (χ3n) is 5.93. The molecule has 0 unspecified atom stereocenters. The van der Waals surface area contributed by atoms with E-state index in [4.69, 9.17) is 16.0 Å². The van der Waals surface area contributed by atoms with Crippen molar-refractivity contribution >= 4 is 33.5 Å². The molecule has 5 aromatic carbocycles. The van der Waals surface area contributed by atoms with Gasteiger partial charge in [-0.1, -0.05) is 109 Å². The molecular formula is C30H19ClO. The summed E-state index contributed by atoms with van der Waals surface area (Å²) in [6.45, 7) is 0. The van der Waals surface area contributed by atoms with Gasteiger partial charge in [0.25, 0.3) is 0 Å². The predicted octanol–water partition coefficient (Wildman–Crippen LogP) is 9.24. The van der Waals surface area contributed by atoms with Gasteiger partial charge in [-0.25, -0.2) is 0 Å². The van der Waals surface area contributed by atoms with Crippen molar-refractivity contribution in [3.63, 3.8) is 0 Å². The second-order valence-electron chi connectivity index (χ2n) is 7.93. The molecule has 0 spiro atoms. The molecule has 0 saturated carbocycles. The fraction of sp³-hybridized carbons (Fsp3) is 0. The van der Waals surface area contributed by atoms with E-state index in [1.165, 1.54) is 0 Å². The Hall–Kier alpha value is -3.81. The zero-order valence-corrected chi connectivity index (χ0v) is 18.0. The number of hydrogen-bond acceptors (Lipinski definition) is 1. The van der Waals surface area contributed by atoms with Crippen molar-refractivity contribution in [2.75, 3.05) is 0 Å². The van der Waals surface area contributed by atoms with Crippen LogP contribution >= 0.6 is 11.6 Å². The van der Waals surface area contributed by atoms with Crippen LogP contribution in [-0.2, 0) is 0 Å². The summed E-state index contributed by atoms with van der Waals surface area (Å²) in [5.41, 5.74) is 8.35. The molecule has 1 heterocycles. The first-order valence-electron chi connectivity index (χ1n) is 10.6. The molecule has 0 atom stereocenters. The quantitative estimate of drug-likeness (QED) is 0.272. The normalized spacial score (nSPS) is 11.3. The molecule has 0 fully saturated rings. The Balaban J connectivity index is 1.60. The van der Waals surface area contributed by atoms with Crippen LogP contribution in [0.15, 0.2) is 120 Å². The standard InChI is InChI=1S/C30H19ClO/c31-24-18-22(20-9-3-1-4-10-20)17-23(19-24)26-14-8-16-28-27-15-7-13-25(29(27)32-30(26)28)21-11-5-2-6-12-21/h1-19H. The lowest BCUT2D eigenvalue weighted by atomic mass is 9.97. The lowest BCUT2D eigenvalue weighted by Gasteiger charge is -2.08. The minimum absolute atomic E-state index is 0.708. The van der Waals surface area contributed by atoms with Gasteiger partial charge < -0.3 is 4.42 Å². The Morgan fingerprint density at radius 3 is 1.59 bits per heavy atom. The third kappa shape index (κ3) is 3.19. The lowest BCUT2D eigenvalue weighted by Crippen LogP contribution is -1.83. The first kappa shape index (κ1) is 18.9. The van der Waals surface area contributed by atoms with Gasteiger partial charge in [-0.05, 0) is 40.5 Å². The zero-order chi connectivity index (χ0) is 21.5. The van der Waals surface area contributed by atoms with Crippen LogP contribution in [-0.4, -0.2) is 0 Å². The molecule has 0 amide bonds. The van der Waals surface area contributed by atoms with Crippen LogP contribution in [0.25, 0.3) is 55.3 Å². The summed E-state index contributed by atoms with van der Waals surface area (Å²) < 4.78 is 6.57. The summed E-state index contributed by atoms with van der Waals surface area (Å²) in [5, 5.41) is 2.93. The highest BCUT2D eigenvalue weighted by molar-refractivity contribution is 6.31. The highest BCUT2D eigenvalue weighted by atomic mass is 35.5. The Bertz CT molecular complexity index is 1560. The van der Waals surface area contributed by atoms with Gasteiger partial charge in [0, 0.05) is 26.9 Å². The maximum Gasteiger partial charge on any atom is 0.143 e. The Morgan fingerprint density at radius 2 is 0.969 bits per heavy atom.